The van der Waals surface area contributed by atoms with Crippen molar-refractivity contribution in [2.45, 2.75) is 31.1 Å². The minimum absolute atomic E-state index is 0.0185. The molecule has 0 heterocycles. The highest BCUT2D eigenvalue weighted by molar-refractivity contribution is 7.89. The zero-order chi connectivity index (χ0) is 11.9. The Hall–Kier alpha value is -1.07. The van der Waals surface area contributed by atoms with Gasteiger partial charge in [0.15, 0.2) is 0 Å². The lowest BCUT2D eigenvalue weighted by molar-refractivity contribution is 0.440. The summed E-state index contributed by atoms with van der Waals surface area (Å²) in [7, 11) is -3.80. The number of phenols is 1. The largest absolute Gasteiger partial charge is 0.508 e. The first-order chi connectivity index (χ1) is 6.64. The maximum Gasteiger partial charge on any atom is 0.238 e. The minimum atomic E-state index is -3.80. The average molecular weight is 229 g/mol. The predicted octanol–water partition coefficient (Wildman–Crippen LogP) is 1.34. The molecule has 0 amide bonds. The average Bonchev–Trinajstić information content (AvgIpc) is 1.99. The second-order valence-electron chi connectivity index (χ2n) is 4.45. The number of benzene rings is 1. The Balaban J connectivity index is 3.63. The summed E-state index contributed by atoms with van der Waals surface area (Å²) in [4.78, 5) is -0.0185. The van der Waals surface area contributed by atoms with Crippen molar-refractivity contribution in [3.63, 3.8) is 0 Å². The van der Waals surface area contributed by atoms with E-state index in [1.807, 2.05) is 20.8 Å². The number of aromatic hydroxyl groups is 1. The number of hydrogen-bond acceptors (Lipinski definition) is 3. The number of hydrogen-bond donors (Lipinski definition) is 2. The van der Waals surface area contributed by atoms with E-state index < -0.39 is 15.4 Å². The summed E-state index contributed by atoms with van der Waals surface area (Å²) in [6.45, 7) is 5.45. The van der Waals surface area contributed by atoms with E-state index in [4.69, 9.17) is 5.14 Å². The third-order valence-corrected chi connectivity index (χ3v) is 3.01. The third kappa shape index (κ3) is 2.49. The summed E-state index contributed by atoms with van der Waals surface area (Å²) in [5.41, 5.74) is -0.125. The second-order valence-corrected chi connectivity index (χ2v) is 5.98. The summed E-state index contributed by atoms with van der Waals surface area (Å²) in [5.74, 6) is -0.0472. The zero-order valence-corrected chi connectivity index (χ0v) is 9.80. The van der Waals surface area contributed by atoms with Gasteiger partial charge in [-0.3, -0.25) is 0 Å². The Morgan fingerprint density at radius 3 is 2.13 bits per heavy atom. The summed E-state index contributed by atoms with van der Waals surface area (Å²) in [6.07, 6.45) is 0. The first kappa shape index (κ1) is 12.0. The van der Waals surface area contributed by atoms with Crippen molar-refractivity contribution in [2.75, 3.05) is 0 Å². The summed E-state index contributed by atoms with van der Waals surface area (Å²) >= 11 is 0. The maximum atomic E-state index is 11.3. The van der Waals surface area contributed by atoms with Gasteiger partial charge in [-0.1, -0.05) is 26.8 Å². The molecule has 0 spiro atoms. The third-order valence-electron chi connectivity index (χ3n) is 2.06. The van der Waals surface area contributed by atoms with Crippen molar-refractivity contribution in [1.29, 1.82) is 0 Å². The monoisotopic (exact) mass is 229 g/mol. The Morgan fingerprint density at radius 2 is 1.80 bits per heavy atom. The van der Waals surface area contributed by atoms with Crippen LogP contribution in [0.5, 0.6) is 5.75 Å². The van der Waals surface area contributed by atoms with E-state index >= 15 is 0 Å². The molecule has 0 bridgehead atoms. The van der Waals surface area contributed by atoms with Crippen LogP contribution in [-0.2, 0) is 15.4 Å². The number of primary sulfonamides is 1. The molecule has 5 heteroatoms. The molecule has 0 fully saturated rings. The van der Waals surface area contributed by atoms with Crippen LogP contribution in [0.2, 0.25) is 0 Å². The Kier molecular flexibility index (Phi) is 2.80. The van der Waals surface area contributed by atoms with Gasteiger partial charge in [-0.05, 0) is 17.5 Å². The first-order valence-corrected chi connectivity index (χ1v) is 6.04. The van der Waals surface area contributed by atoms with Gasteiger partial charge in [0.1, 0.15) is 5.75 Å². The van der Waals surface area contributed by atoms with Crippen molar-refractivity contribution in [3.8, 4) is 5.75 Å². The van der Waals surface area contributed by atoms with Crippen LogP contribution in [0.1, 0.15) is 26.3 Å². The Labute approximate surface area is 89.8 Å². The van der Waals surface area contributed by atoms with Gasteiger partial charge in [0.05, 0.1) is 4.90 Å². The van der Waals surface area contributed by atoms with Crippen molar-refractivity contribution >= 4 is 10.0 Å². The van der Waals surface area contributed by atoms with Crippen molar-refractivity contribution in [1.82, 2.24) is 0 Å². The molecule has 0 saturated heterocycles. The van der Waals surface area contributed by atoms with Crippen LogP contribution in [0.4, 0.5) is 0 Å². The van der Waals surface area contributed by atoms with Crippen molar-refractivity contribution in [2.24, 2.45) is 5.14 Å². The molecule has 4 nitrogen and oxygen atoms in total. The molecule has 0 unspecified atom stereocenters. The molecule has 0 aliphatic carbocycles. The number of sulfonamides is 1. The molecule has 1 aromatic carbocycles. The summed E-state index contributed by atoms with van der Waals surface area (Å²) < 4.78 is 22.6. The topological polar surface area (TPSA) is 80.4 Å². The summed E-state index contributed by atoms with van der Waals surface area (Å²) in [6, 6.07) is 4.31. The Morgan fingerprint density at radius 1 is 1.27 bits per heavy atom. The maximum absolute atomic E-state index is 11.3. The second kappa shape index (κ2) is 3.50. The van der Waals surface area contributed by atoms with Crippen molar-refractivity contribution in [3.05, 3.63) is 23.8 Å². The zero-order valence-electron chi connectivity index (χ0n) is 8.98. The van der Waals surface area contributed by atoms with Crippen LogP contribution in [0.3, 0.4) is 0 Å². The van der Waals surface area contributed by atoms with E-state index in [2.05, 4.69) is 0 Å². The van der Waals surface area contributed by atoms with Crippen LogP contribution in [0, 0.1) is 0 Å². The highest BCUT2D eigenvalue weighted by Gasteiger charge is 2.26. The van der Waals surface area contributed by atoms with E-state index in [0.717, 1.165) is 0 Å². The molecule has 0 aliphatic heterocycles. The van der Waals surface area contributed by atoms with Crippen LogP contribution in [0.15, 0.2) is 23.1 Å². The van der Waals surface area contributed by atoms with Gasteiger partial charge < -0.3 is 5.11 Å². The first-order valence-electron chi connectivity index (χ1n) is 4.49. The highest BCUT2D eigenvalue weighted by Crippen LogP contribution is 2.35. The normalized spacial score (nSPS) is 12.8. The van der Waals surface area contributed by atoms with Gasteiger partial charge in [0.2, 0.25) is 10.0 Å². The highest BCUT2D eigenvalue weighted by atomic mass is 32.2. The van der Waals surface area contributed by atoms with E-state index in [-0.39, 0.29) is 10.6 Å². The molecule has 0 aliphatic rings. The number of phenolic OH excluding ortho intramolecular Hbond substituents is 1. The quantitative estimate of drug-likeness (QED) is 0.762. The lowest BCUT2D eigenvalue weighted by Gasteiger charge is -2.22. The van der Waals surface area contributed by atoms with Crippen LogP contribution < -0.4 is 5.14 Å². The molecule has 84 valence electrons. The number of rotatable bonds is 1. The van der Waals surface area contributed by atoms with E-state index in [9.17, 15) is 13.5 Å². The van der Waals surface area contributed by atoms with E-state index in [0.29, 0.717) is 5.56 Å². The fourth-order valence-electron chi connectivity index (χ4n) is 1.51. The molecule has 1 aromatic rings. The number of nitrogens with two attached hydrogens (primary N) is 1. The SMILES string of the molecule is CC(C)(C)c1c(O)cccc1S(N)(=O)=O. The lowest BCUT2D eigenvalue weighted by atomic mass is 9.86. The summed E-state index contributed by atoms with van der Waals surface area (Å²) in [5, 5.41) is 14.8. The minimum Gasteiger partial charge on any atom is -0.508 e. The molecular formula is C10H15NO3S. The smallest absolute Gasteiger partial charge is 0.238 e. The van der Waals surface area contributed by atoms with Gasteiger partial charge >= 0.3 is 0 Å². The molecule has 0 saturated carbocycles. The fraction of sp³-hybridized carbons (Fsp3) is 0.400. The van der Waals surface area contributed by atoms with Gasteiger partial charge in [0.25, 0.3) is 0 Å². The Bertz CT molecular complexity index is 472. The lowest BCUT2D eigenvalue weighted by Crippen LogP contribution is -2.21. The van der Waals surface area contributed by atoms with E-state index in [1.165, 1.54) is 18.2 Å². The predicted molar refractivity (Wildman–Crippen MR) is 58.2 cm³/mol. The molecule has 0 atom stereocenters. The van der Waals surface area contributed by atoms with Crippen LogP contribution in [-0.4, -0.2) is 13.5 Å². The van der Waals surface area contributed by atoms with Crippen LogP contribution in [0.25, 0.3) is 0 Å². The van der Waals surface area contributed by atoms with Gasteiger partial charge in [-0.15, -0.1) is 0 Å². The van der Waals surface area contributed by atoms with Crippen molar-refractivity contribution < 1.29 is 13.5 Å². The fourth-order valence-corrected chi connectivity index (χ4v) is 2.47. The van der Waals surface area contributed by atoms with Crippen LogP contribution >= 0.6 is 0 Å². The molecule has 3 N–H and O–H groups in total. The molecule has 0 radical (unpaired) electrons. The molecule has 15 heavy (non-hydrogen) atoms. The van der Waals surface area contributed by atoms with E-state index in [1.54, 1.807) is 0 Å². The van der Waals surface area contributed by atoms with Gasteiger partial charge in [-0.25, -0.2) is 13.6 Å². The standard InChI is InChI=1S/C10H15NO3S/c1-10(2,3)9-7(12)5-4-6-8(9)15(11,13)14/h4-6,12H,1-3H3,(H2,11,13,14). The molecule has 1 rings (SSSR count). The van der Waals surface area contributed by atoms with Gasteiger partial charge in [-0.2, -0.15) is 0 Å². The molecular weight excluding hydrogens is 214 g/mol. The van der Waals surface area contributed by atoms with Gasteiger partial charge in [0, 0.05) is 5.56 Å². The molecule has 0 aromatic heterocycles.